The lowest BCUT2D eigenvalue weighted by Gasteiger charge is -2.05. The molecule has 1 saturated carbocycles. The third-order valence-electron chi connectivity index (χ3n) is 2.44. The zero-order chi connectivity index (χ0) is 11.8. The second-order valence-corrected chi connectivity index (χ2v) is 3.89. The minimum atomic E-state index is -0.218. The summed E-state index contributed by atoms with van der Waals surface area (Å²) < 4.78 is 0. The van der Waals surface area contributed by atoms with Crippen LogP contribution in [-0.2, 0) is 4.79 Å². The molecule has 0 aromatic rings. The van der Waals surface area contributed by atoms with E-state index in [9.17, 15) is 9.59 Å². The van der Waals surface area contributed by atoms with E-state index in [1.165, 1.54) is 25.3 Å². The van der Waals surface area contributed by atoms with Crippen LogP contribution in [0.25, 0.3) is 0 Å². The van der Waals surface area contributed by atoms with Crippen LogP contribution in [0.4, 0.5) is 4.79 Å². The number of urea groups is 1. The normalized spacial score (nSPS) is 14.4. The van der Waals surface area contributed by atoms with Gasteiger partial charge in [0.15, 0.2) is 0 Å². The summed E-state index contributed by atoms with van der Waals surface area (Å²) in [5.74, 6) is -0.0877. The monoisotopic (exact) mass is 225 g/mol. The highest BCUT2D eigenvalue weighted by molar-refractivity contribution is 5.75. The molecule has 3 N–H and O–H groups in total. The Morgan fingerprint density at radius 1 is 1.19 bits per heavy atom. The van der Waals surface area contributed by atoms with Crippen LogP contribution in [-0.4, -0.2) is 25.0 Å². The van der Waals surface area contributed by atoms with E-state index in [-0.39, 0.29) is 11.9 Å². The van der Waals surface area contributed by atoms with Crippen molar-refractivity contribution in [3.05, 3.63) is 11.8 Å². The quantitative estimate of drug-likeness (QED) is 0.622. The van der Waals surface area contributed by atoms with Crippen LogP contribution in [0, 0.1) is 0 Å². The number of hydrogen-bond donors (Lipinski definition) is 3. The summed E-state index contributed by atoms with van der Waals surface area (Å²) in [6.07, 6.45) is 6.41. The third kappa shape index (κ3) is 5.38. The van der Waals surface area contributed by atoms with Crippen molar-refractivity contribution in [3.8, 4) is 0 Å². The Balaban J connectivity index is 2.06. The number of hydrogen-bond acceptors (Lipinski definition) is 2. The molecule has 16 heavy (non-hydrogen) atoms. The van der Waals surface area contributed by atoms with Gasteiger partial charge in [-0.2, -0.15) is 0 Å². The van der Waals surface area contributed by atoms with Crippen LogP contribution < -0.4 is 16.0 Å². The minimum absolute atomic E-state index is 0.0877. The molecule has 90 valence electrons. The van der Waals surface area contributed by atoms with Gasteiger partial charge in [-0.3, -0.25) is 4.79 Å². The first-order valence-electron chi connectivity index (χ1n) is 5.65. The zero-order valence-corrected chi connectivity index (χ0v) is 9.64. The van der Waals surface area contributed by atoms with Crippen molar-refractivity contribution in [2.24, 2.45) is 0 Å². The van der Waals surface area contributed by atoms with Crippen molar-refractivity contribution in [1.82, 2.24) is 16.0 Å². The van der Waals surface area contributed by atoms with Crippen LogP contribution in [0.2, 0.25) is 0 Å². The summed E-state index contributed by atoms with van der Waals surface area (Å²) in [7, 11) is 0. The highest BCUT2D eigenvalue weighted by Crippen LogP contribution is 2.22. The summed E-state index contributed by atoms with van der Waals surface area (Å²) in [5.41, 5.74) is 1.30. The molecule has 1 aliphatic carbocycles. The highest BCUT2D eigenvalue weighted by atomic mass is 16.2. The van der Waals surface area contributed by atoms with Gasteiger partial charge in [-0.15, -0.1) is 0 Å². The highest BCUT2D eigenvalue weighted by Gasteiger charge is 2.06. The molecule has 1 rings (SSSR count). The number of amides is 3. The Bertz CT molecular complexity index is 279. The fourth-order valence-electron chi connectivity index (χ4n) is 1.61. The van der Waals surface area contributed by atoms with Crippen molar-refractivity contribution < 1.29 is 9.59 Å². The Hall–Kier alpha value is -1.52. The van der Waals surface area contributed by atoms with Crippen LogP contribution >= 0.6 is 0 Å². The van der Waals surface area contributed by atoms with Crippen LogP contribution in [0.3, 0.4) is 0 Å². The summed E-state index contributed by atoms with van der Waals surface area (Å²) >= 11 is 0. The molecule has 0 spiro atoms. The van der Waals surface area contributed by atoms with Gasteiger partial charge in [0.25, 0.3) is 0 Å². The Morgan fingerprint density at radius 2 is 1.81 bits per heavy atom. The van der Waals surface area contributed by atoms with E-state index in [0.29, 0.717) is 13.1 Å². The average Bonchev–Trinajstić information content (AvgIpc) is 2.74. The third-order valence-corrected chi connectivity index (χ3v) is 2.44. The van der Waals surface area contributed by atoms with Gasteiger partial charge < -0.3 is 16.0 Å². The topological polar surface area (TPSA) is 70.2 Å². The maximum atomic E-state index is 11.3. The molecule has 5 nitrogen and oxygen atoms in total. The molecule has 0 heterocycles. The largest absolute Gasteiger partial charge is 0.355 e. The van der Waals surface area contributed by atoms with Crippen molar-refractivity contribution >= 4 is 11.9 Å². The molecule has 0 atom stereocenters. The predicted octanol–water partition coefficient (Wildman–Crippen LogP) is 0.880. The lowest BCUT2D eigenvalue weighted by molar-refractivity contribution is -0.118. The summed E-state index contributed by atoms with van der Waals surface area (Å²) in [5, 5.41) is 7.94. The molecular formula is C11H19N3O2. The van der Waals surface area contributed by atoms with E-state index in [1.54, 1.807) is 6.20 Å². The first-order chi connectivity index (χ1) is 7.68. The maximum absolute atomic E-state index is 11.3. The number of nitrogens with one attached hydrogen (secondary N) is 3. The number of carbonyl (C=O) groups excluding carboxylic acids is 2. The number of carbonyl (C=O) groups is 2. The van der Waals surface area contributed by atoms with Crippen LogP contribution in [0.5, 0.6) is 0 Å². The predicted molar refractivity (Wildman–Crippen MR) is 61.8 cm³/mol. The molecule has 0 bridgehead atoms. The minimum Gasteiger partial charge on any atom is -0.355 e. The summed E-state index contributed by atoms with van der Waals surface area (Å²) in [6, 6.07) is -0.218. The van der Waals surface area contributed by atoms with E-state index in [0.717, 1.165) is 12.8 Å². The van der Waals surface area contributed by atoms with Crippen LogP contribution in [0.1, 0.15) is 32.6 Å². The molecular weight excluding hydrogens is 206 g/mol. The van der Waals surface area contributed by atoms with Crippen molar-refractivity contribution in [2.75, 3.05) is 13.1 Å². The van der Waals surface area contributed by atoms with Crippen LogP contribution in [0.15, 0.2) is 11.8 Å². The van der Waals surface area contributed by atoms with Gasteiger partial charge in [0.05, 0.1) is 0 Å². The average molecular weight is 225 g/mol. The fourth-order valence-corrected chi connectivity index (χ4v) is 1.61. The van der Waals surface area contributed by atoms with Gasteiger partial charge >= 0.3 is 6.03 Å². The fraction of sp³-hybridized carbons (Fsp3) is 0.636. The molecule has 0 saturated heterocycles. The molecule has 0 aliphatic heterocycles. The zero-order valence-electron chi connectivity index (χ0n) is 9.64. The first-order valence-corrected chi connectivity index (χ1v) is 5.65. The maximum Gasteiger partial charge on any atom is 0.318 e. The SMILES string of the molecule is CC(=O)NCCNC(=O)NC=C1CCCC1. The molecule has 5 heteroatoms. The van der Waals surface area contributed by atoms with Gasteiger partial charge in [-0.05, 0) is 25.7 Å². The summed E-state index contributed by atoms with van der Waals surface area (Å²) in [6.45, 7) is 2.35. The van der Waals surface area contributed by atoms with Crippen molar-refractivity contribution in [1.29, 1.82) is 0 Å². The molecule has 0 aromatic heterocycles. The molecule has 1 aliphatic rings. The van der Waals surface area contributed by atoms with E-state index in [1.807, 2.05) is 0 Å². The van der Waals surface area contributed by atoms with Gasteiger partial charge in [-0.1, -0.05) is 5.57 Å². The molecule has 0 aromatic carbocycles. The lowest BCUT2D eigenvalue weighted by atomic mass is 10.2. The number of rotatable bonds is 4. The van der Waals surface area contributed by atoms with Gasteiger partial charge in [0, 0.05) is 26.2 Å². The Labute approximate surface area is 95.7 Å². The standard InChI is InChI=1S/C11H19N3O2/c1-9(15)12-6-7-13-11(16)14-8-10-4-2-3-5-10/h8H,2-7H2,1H3,(H,12,15)(H2,13,14,16). The number of allylic oxidation sites excluding steroid dienone is 1. The van der Waals surface area contributed by atoms with E-state index < -0.39 is 0 Å². The van der Waals surface area contributed by atoms with Gasteiger partial charge in [0.2, 0.25) is 5.91 Å². The van der Waals surface area contributed by atoms with Gasteiger partial charge in [0.1, 0.15) is 0 Å². The molecule has 1 fully saturated rings. The van der Waals surface area contributed by atoms with E-state index in [2.05, 4.69) is 16.0 Å². The molecule has 0 radical (unpaired) electrons. The second-order valence-electron chi connectivity index (χ2n) is 3.89. The van der Waals surface area contributed by atoms with Gasteiger partial charge in [-0.25, -0.2) is 4.79 Å². The van der Waals surface area contributed by atoms with E-state index in [4.69, 9.17) is 0 Å². The Kier molecular flexibility index (Phi) is 5.39. The first kappa shape index (κ1) is 12.5. The molecule has 3 amide bonds. The summed E-state index contributed by atoms with van der Waals surface area (Å²) in [4.78, 5) is 21.8. The molecule has 0 unspecified atom stereocenters. The second kappa shape index (κ2) is 6.87. The lowest BCUT2D eigenvalue weighted by Crippen LogP contribution is -2.38. The van der Waals surface area contributed by atoms with E-state index >= 15 is 0 Å². The van der Waals surface area contributed by atoms with Crippen molar-refractivity contribution in [3.63, 3.8) is 0 Å². The Morgan fingerprint density at radius 3 is 2.44 bits per heavy atom. The smallest absolute Gasteiger partial charge is 0.318 e. The van der Waals surface area contributed by atoms with Crippen molar-refractivity contribution in [2.45, 2.75) is 32.6 Å².